The van der Waals surface area contributed by atoms with E-state index in [9.17, 15) is 4.79 Å². The molecule has 1 fully saturated rings. The zero-order valence-corrected chi connectivity index (χ0v) is 14.0. The van der Waals surface area contributed by atoms with Crippen LogP contribution in [0.2, 0.25) is 0 Å². The Hall–Kier alpha value is -1.40. The molecule has 0 atom stereocenters. The molecule has 2 aliphatic rings. The maximum absolute atomic E-state index is 12.3. The molecule has 6 heteroatoms. The van der Waals surface area contributed by atoms with Crippen molar-refractivity contribution in [2.45, 2.75) is 19.3 Å². The molecule has 0 spiro atoms. The van der Waals surface area contributed by atoms with E-state index >= 15 is 0 Å². The molecule has 3 rings (SSSR count). The largest absolute Gasteiger partial charge is 0.358 e. The smallest absolute Gasteiger partial charge is 0.253 e. The molecular weight excluding hydrogens is 314 g/mol. The van der Waals surface area contributed by atoms with Gasteiger partial charge < -0.3 is 4.90 Å². The first-order valence-corrected chi connectivity index (χ1v) is 8.98. The van der Waals surface area contributed by atoms with Crippen LogP contribution in [0, 0.1) is 0 Å². The minimum atomic E-state index is 0.0393. The average Bonchev–Trinajstić information content (AvgIpc) is 3.24. The summed E-state index contributed by atoms with van der Waals surface area (Å²) in [6, 6.07) is 10.0. The number of amides is 1. The lowest BCUT2D eigenvalue weighted by atomic mass is 10.1. The third kappa shape index (κ3) is 3.67. The normalized spacial score (nSPS) is 17.7. The molecule has 0 aliphatic carbocycles. The molecule has 1 amide bonds. The van der Waals surface area contributed by atoms with Gasteiger partial charge in [0, 0.05) is 19.5 Å². The SMILES string of the molecule is O=C(CSC(=S)N1CCCC1)N1CCC(c2ccccc2)=N1. The number of thioether (sulfide) groups is 1. The number of hydrogen-bond acceptors (Lipinski definition) is 4. The van der Waals surface area contributed by atoms with Crippen LogP contribution in [-0.2, 0) is 4.79 Å². The van der Waals surface area contributed by atoms with Crippen molar-refractivity contribution in [2.24, 2.45) is 5.10 Å². The molecule has 1 aromatic carbocycles. The van der Waals surface area contributed by atoms with E-state index in [1.807, 2.05) is 30.3 Å². The van der Waals surface area contributed by atoms with Crippen molar-refractivity contribution in [1.29, 1.82) is 0 Å². The summed E-state index contributed by atoms with van der Waals surface area (Å²) < 4.78 is 0.845. The molecule has 0 radical (unpaired) electrons. The monoisotopic (exact) mass is 333 g/mol. The predicted molar refractivity (Wildman–Crippen MR) is 95.2 cm³/mol. The van der Waals surface area contributed by atoms with Crippen LogP contribution in [0.5, 0.6) is 0 Å². The highest BCUT2D eigenvalue weighted by Gasteiger charge is 2.23. The highest BCUT2D eigenvalue weighted by atomic mass is 32.2. The van der Waals surface area contributed by atoms with Crippen molar-refractivity contribution in [3.05, 3.63) is 35.9 Å². The van der Waals surface area contributed by atoms with Gasteiger partial charge in [0.25, 0.3) is 5.91 Å². The summed E-state index contributed by atoms with van der Waals surface area (Å²) >= 11 is 6.85. The van der Waals surface area contributed by atoms with Crippen LogP contribution in [0.1, 0.15) is 24.8 Å². The third-order valence-corrected chi connectivity index (χ3v) is 5.39. The molecule has 0 unspecified atom stereocenters. The summed E-state index contributed by atoms with van der Waals surface area (Å²) in [4.78, 5) is 14.5. The molecule has 0 saturated carbocycles. The Morgan fingerprint density at radius 1 is 1.18 bits per heavy atom. The van der Waals surface area contributed by atoms with Crippen molar-refractivity contribution >= 4 is 39.9 Å². The van der Waals surface area contributed by atoms with Crippen LogP contribution < -0.4 is 0 Å². The van der Waals surface area contributed by atoms with Crippen LogP contribution >= 0.6 is 24.0 Å². The van der Waals surface area contributed by atoms with E-state index in [2.05, 4.69) is 10.0 Å². The van der Waals surface area contributed by atoms with Gasteiger partial charge >= 0.3 is 0 Å². The van der Waals surface area contributed by atoms with Gasteiger partial charge in [0.1, 0.15) is 4.32 Å². The zero-order valence-electron chi connectivity index (χ0n) is 12.4. The molecule has 0 bridgehead atoms. The third-order valence-electron chi connectivity index (χ3n) is 3.88. The van der Waals surface area contributed by atoms with Crippen molar-refractivity contribution in [2.75, 3.05) is 25.4 Å². The molecule has 4 nitrogen and oxygen atoms in total. The van der Waals surface area contributed by atoms with Crippen LogP contribution in [-0.4, -0.2) is 51.2 Å². The molecule has 2 aliphatic heterocycles. The summed E-state index contributed by atoms with van der Waals surface area (Å²) in [5.74, 6) is 0.415. The minimum Gasteiger partial charge on any atom is -0.358 e. The van der Waals surface area contributed by atoms with Gasteiger partial charge in [0.05, 0.1) is 18.0 Å². The van der Waals surface area contributed by atoms with Crippen molar-refractivity contribution in [3.63, 3.8) is 0 Å². The number of nitrogens with zero attached hydrogens (tertiary/aromatic N) is 3. The predicted octanol–water partition coefficient (Wildman–Crippen LogP) is 2.74. The van der Waals surface area contributed by atoms with E-state index in [1.165, 1.54) is 24.6 Å². The van der Waals surface area contributed by atoms with E-state index in [0.717, 1.165) is 35.1 Å². The number of likely N-dealkylation sites (tertiary alicyclic amines) is 1. The van der Waals surface area contributed by atoms with Crippen molar-refractivity contribution in [1.82, 2.24) is 9.91 Å². The van der Waals surface area contributed by atoms with E-state index in [1.54, 1.807) is 5.01 Å². The zero-order chi connectivity index (χ0) is 15.4. The van der Waals surface area contributed by atoms with Gasteiger partial charge in [-0.05, 0) is 18.4 Å². The second kappa shape index (κ2) is 7.24. The molecule has 0 N–H and O–H groups in total. The van der Waals surface area contributed by atoms with Crippen LogP contribution in [0.25, 0.3) is 0 Å². The molecule has 0 aromatic heterocycles. The Morgan fingerprint density at radius 2 is 1.91 bits per heavy atom. The second-order valence-corrected chi connectivity index (χ2v) is 7.04. The molecule has 22 heavy (non-hydrogen) atoms. The first-order valence-electron chi connectivity index (χ1n) is 7.59. The Balaban J connectivity index is 1.53. The van der Waals surface area contributed by atoms with Gasteiger partial charge in [0.15, 0.2) is 0 Å². The first kappa shape index (κ1) is 15.5. The summed E-state index contributed by atoms with van der Waals surface area (Å²) in [6.45, 7) is 2.72. The minimum absolute atomic E-state index is 0.0393. The van der Waals surface area contributed by atoms with Gasteiger partial charge in [0.2, 0.25) is 0 Å². The van der Waals surface area contributed by atoms with Crippen molar-refractivity contribution in [3.8, 4) is 0 Å². The maximum Gasteiger partial charge on any atom is 0.253 e. The lowest BCUT2D eigenvalue weighted by Crippen LogP contribution is -2.28. The van der Waals surface area contributed by atoms with E-state index in [4.69, 9.17) is 12.2 Å². The molecular formula is C16H19N3OS2. The number of hydrazone groups is 1. The lowest BCUT2D eigenvalue weighted by Gasteiger charge is -2.18. The molecule has 2 heterocycles. The molecule has 116 valence electrons. The number of benzene rings is 1. The number of carbonyl (C=O) groups excluding carboxylic acids is 1. The highest BCUT2D eigenvalue weighted by Crippen LogP contribution is 2.18. The fourth-order valence-electron chi connectivity index (χ4n) is 2.66. The van der Waals surface area contributed by atoms with Gasteiger partial charge in [-0.1, -0.05) is 54.3 Å². The summed E-state index contributed by atoms with van der Waals surface area (Å²) in [5, 5.41) is 6.05. The second-order valence-electron chi connectivity index (χ2n) is 5.43. The van der Waals surface area contributed by atoms with E-state index in [0.29, 0.717) is 12.3 Å². The average molecular weight is 333 g/mol. The summed E-state index contributed by atoms with van der Waals surface area (Å²) in [6.07, 6.45) is 3.22. The van der Waals surface area contributed by atoms with E-state index < -0.39 is 0 Å². The van der Waals surface area contributed by atoms with Gasteiger partial charge in [-0.15, -0.1) is 0 Å². The summed E-state index contributed by atoms with van der Waals surface area (Å²) in [5.41, 5.74) is 2.08. The van der Waals surface area contributed by atoms with Gasteiger partial charge in [-0.2, -0.15) is 5.10 Å². The standard InChI is InChI=1S/C16H19N3OS2/c20-15(12-22-16(21)18-9-4-5-10-18)19-11-8-14(17-19)13-6-2-1-3-7-13/h1-3,6-7H,4-5,8-12H2. The number of thiocarbonyl (C=S) groups is 1. The molecule has 1 saturated heterocycles. The van der Waals surface area contributed by atoms with Gasteiger partial charge in [-0.3, -0.25) is 4.79 Å². The fraction of sp³-hybridized carbons (Fsp3) is 0.438. The first-order chi connectivity index (χ1) is 10.7. The van der Waals surface area contributed by atoms with Crippen LogP contribution in [0.15, 0.2) is 35.4 Å². The quantitative estimate of drug-likeness (QED) is 0.797. The lowest BCUT2D eigenvalue weighted by molar-refractivity contribution is -0.127. The maximum atomic E-state index is 12.3. The Morgan fingerprint density at radius 3 is 2.64 bits per heavy atom. The Kier molecular flexibility index (Phi) is 5.10. The van der Waals surface area contributed by atoms with Crippen molar-refractivity contribution < 1.29 is 4.79 Å². The number of rotatable bonds is 3. The van der Waals surface area contributed by atoms with E-state index in [-0.39, 0.29) is 5.91 Å². The topological polar surface area (TPSA) is 35.9 Å². The van der Waals surface area contributed by atoms with Gasteiger partial charge in [-0.25, -0.2) is 5.01 Å². The molecule has 1 aromatic rings. The summed E-state index contributed by atoms with van der Waals surface area (Å²) in [7, 11) is 0. The Bertz CT molecular complexity index is 582. The number of hydrogen-bond donors (Lipinski definition) is 0. The Labute approximate surface area is 140 Å². The van der Waals surface area contributed by atoms with Crippen LogP contribution in [0.3, 0.4) is 0 Å². The fourth-order valence-corrected chi connectivity index (χ4v) is 3.78. The van der Waals surface area contributed by atoms with Crippen LogP contribution in [0.4, 0.5) is 0 Å². The number of carbonyl (C=O) groups is 1. The highest BCUT2D eigenvalue weighted by molar-refractivity contribution is 8.23.